The van der Waals surface area contributed by atoms with Crippen molar-refractivity contribution >= 4 is 0 Å². The Hall–Kier alpha value is -0.960. The number of rotatable bonds is 4. The summed E-state index contributed by atoms with van der Waals surface area (Å²) < 4.78 is 0. The summed E-state index contributed by atoms with van der Waals surface area (Å²) in [6.07, 6.45) is 3.59. The van der Waals surface area contributed by atoms with Gasteiger partial charge in [-0.15, -0.1) is 0 Å². The number of aromatic nitrogens is 2. The summed E-state index contributed by atoms with van der Waals surface area (Å²) in [5.74, 6) is 0.472. The van der Waals surface area contributed by atoms with Crippen molar-refractivity contribution in [2.75, 3.05) is 6.54 Å². The molecule has 0 saturated carbocycles. The molecular formula is C10H17N3. The molecule has 2 N–H and O–H groups in total. The quantitative estimate of drug-likeness (QED) is 0.762. The minimum Gasteiger partial charge on any atom is -0.330 e. The van der Waals surface area contributed by atoms with Gasteiger partial charge in [0, 0.05) is 11.4 Å². The number of nitrogens with two attached hydrogens (primary N) is 1. The van der Waals surface area contributed by atoms with Gasteiger partial charge in [0.15, 0.2) is 0 Å². The normalized spacial score (nSPS) is 10.8. The third-order valence-electron chi connectivity index (χ3n) is 1.97. The van der Waals surface area contributed by atoms with Crippen LogP contribution in [0.2, 0.25) is 0 Å². The van der Waals surface area contributed by atoms with Crippen molar-refractivity contribution in [2.24, 2.45) is 5.73 Å². The summed E-state index contributed by atoms with van der Waals surface area (Å²) in [7, 11) is 0. The Morgan fingerprint density at radius 3 is 2.77 bits per heavy atom. The second-order valence-corrected chi connectivity index (χ2v) is 3.48. The summed E-state index contributed by atoms with van der Waals surface area (Å²) in [6.45, 7) is 4.99. The highest BCUT2D eigenvalue weighted by molar-refractivity contribution is 5.11. The highest BCUT2D eigenvalue weighted by Gasteiger charge is 2.02. The first kappa shape index (κ1) is 10.1. The van der Waals surface area contributed by atoms with Gasteiger partial charge < -0.3 is 5.73 Å². The molecule has 3 heteroatoms. The first-order chi connectivity index (χ1) is 6.24. The van der Waals surface area contributed by atoms with Crippen LogP contribution in [0.5, 0.6) is 0 Å². The SMILES string of the molecule is CC(C)c1cc(CCCN)ncn1. The second kappa shape index (κ2) is 4.92. The van der Waals surface area contributed by atoms with E-state index in [0.717, 1.165) is 30.8 Å². The van der Waals surface area contributed by atoms with E-state index in [2.05, 4.69) is 29.9 Å². The fourth-order valence-electron chi connectivity index (χ4n) is 1.15. The zero-order valence-electron chi connectivity index (χ0n) is 8.33. The Labute approximate surface area is 79.4 Å². The van der Waals surface area contributed by atoms with Crippen LogP contribution in [0.4, 0.5) is 0 Å². The van der Waals surface area contributed by atoms with Crippen molar-refractivity contribution < 1.29 is 0 Å². The molecule has 0 atom stereocenters. The van der Waals surface area contributed by atoms with E-state index in [-0.39, 0.29) is 0 Å². The van der Waals surface area contributed by atoms with Gasteiger partial charge in [-0.1, -0.05) is 13.8 Å². The summed E-state index contributed by atoms with van der Waals surface area (Å²) in [6, 6.07) is 2.07. The maximum Gasteiger partial charge on any atom is 0.115 e. The Morgan fingerprint density at radius 1 is 1.38 bits per heavy atom. The lowest BCUT2D eigenvalue weighted by Crippen LogP contribution is -2.03. The minimum absolute atomic E-state index is 0.472. The van der Waals surface area contributed by atoms with Gasteiger partial charge in [-0.25, -0.2) is 9.97 Å². The van der Waals surface area contributed by atoms with E-state index < -0.39 is 0 Å². The Balaban J connectivity index is 2.68. The molecule has 13 heavy (non-hydrogen) atoms. The number of hydrogen-bond donors (Lipinski definition) is 1. The Kier molecular flexibility index (Phi) is 3.83. The third-order valence-corrected chi connectivity index (χ3v) is 1.97. The van der Waals surface area contributed by atoms with Crippen LogP contribution in [0.15, 0.2) is 12.4 Å². The van der Waals surface area contributed by atoms with E-state index in [0.29, 0.717) is 5.92 Å². The highest BCUT2D eigenvalue weighted by Crippen LogP contribution is 2.11. The van der Waals surface area contributed by atoms with Crippen LogP contribution >= 0.6 is 0 Å². The van der Waals surface area contributed by atoms with Crippen LogP contribution in [0.1, 0.15) is 37.6 Å². The van der Waals surface area contributed by atoms with Crippen LogP contribution in [0.3, 0.4) is 0 Å². The summed E-state index contributed by atoms with van der Waals surface area (Å²) in [5.41, 5.74) is 7.64. The molecule has 0 aliphatic rings. The van der Waals surface area contributed by atoms with E-state index in [1.54, 1.807) is 6.33 Å². The van der Waals surface area contributed by atoms with Gasteiger partial charge in [0.1, 0.15) is 6.33 Å². The topological polar surface area (TPSA) is 51.8 Å². The molecule has 0 radical (unpaired) electrons. The molecule has 0 aromatic carbocycles. The molecule has 0 aliphatic carbocycles. The summed E-state index contributed by atoms with van der Waals surface area (Å²) in [4.78, 5) is 8.40. The number of aryl methyl sites for hydroxylation is 1. The lowest BCUT2D eigenvalue weighted by atomic mass is 10.1. The van der Waals surface area contributed by atoms with Crippen molar-refractivity contribution in [3.63, 3.8) is 0 Å². The number of hydrogen-bond acceptors (Lipinski definition) is 3. The lowest BCUT2D eigenvalue weighted by Gasteiger charge is -2.05. The highest BCUT2D eigenvalue weighted by atomic mass is 14.8. The van der Waals surface area contributed by atoms with Crippen molar-refractivity contribution in [3.8, 4) is 0 Å². The van der Waals surface area contributed by atoms with E-state index >= 15 is 0 Å². The smallest absolute Gasteiger partial charge is 0.115 e. The zero-order valence-corrected chi connectivity index (χ0v) is 8.33. The van der Waals surface area contributed by atoms with Crippen molar-refractivity contribution in [2.45, 2.75) is 32.6 Å². The molecule has 0 amide bonds. The maximum atomic E-state index is 5.43. The molecule has 1 aromatic heterocycles. The molecule has 0 saturated heterocycles. The van der Waals surface area contributed by atoms with Gasteiger partial charge >= 0.3 is 0 Å². The standard InChI is InChI=1S/C10H17N3/c1-8(2)10-6-9(4-3-5-11)12-7-13-10/h6-8H,3-5,11H2,1-2H3. The zero-order chi connectivity index (χ0) is 9.68. The van der Waals surface area contributed by atoms with Crippen molar-refractivity contribution in [1.82, 2.24) is 9.97 Å². The minimum atomic E-state index is 0.472. The van der Waals surface area contributed by atoms with Crippen LogP contribution < -0.4 is 5.73 Å². The molecule has 0 unspecified atom stereocenters. The molecule has 0 bridgehead atoms. The van der Waals surface area contributed by atoms with Crippen LogP contribution in [-0.4, -0.2) is 16.5 Å². The molecule has 3 nitrogen and oxygen atoms in total. The molecular weight excluding hydrogens is 162 g/mol. The average molecular weight is 179 g/mol. The first-order valence-corrected chi connectivity index (χ1v) is 4.75. The van der Waals surface area contributed by atoms with E-state index in [1.807, 2.05) is 0 Å². The molecule has 72 valence electrons. The van der Waals surface area contributed by atoms with Gasteiger partial charge in [0.05, 0.1) is 0 Å². The second-order valence-electron chi connectivity index (χ2n) is 3.48. The largest absolute Gasteiger partial charge is 0.330 e. The molecule has 0 fully saturated rings. The maximum absolute atomic E-state index is 5.43. The number of nitrogens with zero attached hydrogens (tertiary/aromatic N) is 2. The van der Waals surface area contributed by atoms with Crippen LogP contribution in [0, 0.1) is 0 Å². The van der Waals surface area contributed by atoms with Gasteiger partial charge in [-0.05, 0) is 31.4 Å². The summed E-state index contributed by atoms with van der Waals surface area (Å²) >= 11 is 0. The van der Waals surface area contributed by atoms with Gasteiger partial charge in [-0.2, -0.15) is 0 Å². The monoisotopic (exact) mass is 179 g/mol. The van der Waals surface area contributed by atoms with Gasteiger partial charge in [0.2, 0.25) is 0 Å². The first-order valence-electron chi connectivity index (χ1n) is 4.75. The van der Waals surface area contributed by atoms with E-state index in [1.165, 1.54) is 0 Å². The summed E-state index contributed by atoms with van der Waals surface area (Å²) in [5, 5.41) is 0. The molecule has 1 aromatic rings. The molecule has 1 rings (SSSR count). The van der Waals surface area contributed by atoms with E-state index in [9.17, 15) is 0 Å². The van der Waals surface area contributed by atoms with Crippen LogP contribution in [0.25, 0.3) is 0 Å². The predicted molar refractivity (Wildman–Crippen MR) is 53.5 cm³/mol. The fourth-order valence-corrected chi connectivity index (χ4v) is 1.15. The average Bonchev–Trinajstić information content (AvgIpc) is 2.15. The van der Waals surface area contributed by atoms with Crippen molar-refractivity contribution in [1.29, 1.82) is 0 Å². The van der Waals surface area contributed by atoms with Crippen LogP contribution in [-0.2, 0) is 6.42 Å². The third kappa shape index (κ3) is 3.11. The van der Waals surface area contributed by atoms with Crippen molar-refractivity contribution in [3.05, 3.63) is 23.8 Å². The fraction of sp³-hybridized carbons (Fsp3) is 0.600. The molecule has 0 aliphatic heterocycles. The van der Waals surface area contributed by atoms with E-state index in [4.69, 9.17) is 5.73 Å². The Bertz CT molecular complexity index is 258. The lowest BCUT2D eigenvalue weighted by molar-refractivity contribution is 0.772. The molecule has 0 spiro atoms. The molecule has 1 heterocycles. The van der Waals surface area contributed by atoms with Gasteiger partial charge in [0.25, 0.3) is 0 Å². The predicted octanol–water partition coefficient (Wildman–Crippen LogP) is 1.49. The van der Waals surface area contributed by atoms with Gasteiger partial charge in [-0.3, -0.25) is 0 Å². The Morgan fingerprint density at radius 2 is 2.15 bits per heavy atom.